The van der Waals surface area contributed by atoms with Crippen molar-refractivity contribution in [3.63, 3.8) is 0 Å². The fourth-order valence-corrected chi connectivity index (χ4v) is 5.36. The van der Waals surface area contributed by atoms with Gasteiger partial charge in [0.2, 0.25) is 5.91 Å². The molecule has 3 heterocycles. The van der Waals surface area contributed by atoms with Gasteiger partial charge in [0.15, 0.2) is 0 Å². The quantitative estimate of drug-likeness (QED) is 0.604. The predicted molar refractivity (Wildman–Crippen MR) is 99.5 cm³/mol. The van der Waals surface area contributed by atoms with Gasteiger partial charge in [-0.05, 0) is 17.5 Å². The van der Waals surface area contributed by atoms with E-state index in [0.29, 0.717) is 20.7 Å². The van der Waals surface area contributed by atoms with Crippen molar-refractivity contribution < 1.29 is 14.7 Å². The van der Waals surface area contributed by atoms with Crippen molar-refractivity contribution in [3.8, 4) is 0 Å². The smallest absolute Gasteiger partial charge is 0.266 e. The number of nitrogens with one attached hydrogen (secondary N) is 1. The molecule has 1 aromatic rings. The van der Waals surface area contributed by atoms with Gasteiger partial charge in [0.05, 0.1) is 17.1 Å². The topological polar surface area (TPSA) is 69.6 Å². The van der Waals surface area contributed by atoms with Gasteiger partial charge in [0.1, 0.15) is 10.9 Å². The van der Waals surface area contributed by atoms with Gasteiger partial charge >= 0.3 is 0 Å². The van der Waals surface area contributed by atoms with Crippen molar-refractivity contribution >= 4 is 69.3 Å². The van der Waals surface area contributed by atoms with E-state index >= 15 is 0 Å². The van der Waals surface area contributed by atoms with Crippen LogP contribution in [-0.4, -0.2) is 56.3 Å². The molecule has 23 heavy (non-hydrogen) atoms. The molecular formula is C14H14N2O3S4. The lowest BCUT2D eigenvalue weighted by molar-refractivity contribution is -0.129. The zero-order valence-corrected chi connectivity index (χ0v) is 15.2. The van der Waals surface area contributed by atoms with Crippen LogP contribution in [0, 0.1) is 0 Å². The first kappa shape index (κ1) is 17.0. The van der Waals surface area contributed by atoms with Gasteiger partial charge in [-0.25, -0.2) is 0 Å². The van der Waals surface area contributed by atoms with E-state index < -0.39 is 6.10 Å². The van der Waals surface area contributed by atoms with Crippen LogP contribution < -0.4 is 5.32 Å². The summed E-state index contributed by atoms with van der Waals surface area (Å²) >= 11 is 9.55. The molecule has 0 saturated carbocycles. The van der Waals surface area contributed by atoms with Crippen LogP contribution in [0.1, 0.15) is 4.88 Å². The average molecular weight is 387 g/mol. The lowest BCUT2D eigenvalue weighted by Crippen LogP contribution is -2.47. The summed E-state index contributed by atoms with van der Waals surface area (Å²) in [5.41, 5.74) is 0. The molecule has 2 fully saturated rings. The third-order valence-corrected chi connectivity index (χ3v) is 6.76. The minimum absolute atomic E-state index is 0.111. The summed E-state index contributed by atoms with van der Waals surface area (Å²) in [5, 5.41) is 14.4. The number of nitrogens with zero attached hydrogens (tertiary/aromatic N) is 1. The van der Waals surface area contributed by atoms with Crippen molar-refractivity contribution in [1.82, 2.24) is 10.2 Å². The molecule has 2 aliphatic rings. The van der Waals surface area contributed by atoms with Crippen molar-refractivity contribution in [1.29, 1.82) is 0 Å². The zero-order valence-electron chi connectivity index (χ0n) is 11.9. The van der Waals surface area contributed by atoms with Crippen LogP contribution >= 0.6 is 47.1 Å². The van der Waals surface area contributed by atoms with Crippen LogP contribution in [0.15, 0.2) is 22.4 Å². The van der Waals surface area contributed by atoms with Gasteiger partial charge in [-0.3, -0.25) is 14.5 Å². The Morgan fingerprint density at radius 2 is 2.35 bits per heavy atom. The summed E-state index contributed by atoms with van der Waals surface area (Å²) in [5.74, 6) is 0.759. The standard InChI is InChI=1S/C14H14N2O3S4/c17-10-7-21-6-9(10)15-12(18)5-16-13(19)11(23-14(16)20)4-8-2-1-3-22-8/h1-4,9-10,17H,5-7H2,(H,15,18)/t9-,10+/m1/s1. The maximum atomic E-state index is 12.4. The fourth-order valence-electron chi connectivity index (χ4n) is 2.22. The van der Waals surface area contributed by atoms with Gasteiger partial charge < -0.3 is 10.4 Å². The van der Waals surface area contributed by atoms with Crippen LogP contribution in [0.25, 0.3) is 6.08 Å². The third kappa shape index (κ3) is 3.97. The Kier molecular flexibility index (Phi) is 5.42. The van der Waals surface area contributed by atoms with E-state index in [9.17, 15) is 14.7 Å². The van der Waals surface area contributed by atoms with Gasteiger partial charge in [0, 0.05) is 16.4 Å². The Balaban J connectivity index is 1.62. The van der Waals surface area contributed by atoms with E-state index in [0.717, 1.165) is 4.88 Å². The summed E-state index contributed by atoms with van der Waals surface area (Å²) in [6.07, 6.45) is 1.26. The second-order valence-corrected chi connectivity index (χ2v) is 8.79. The van der Waals surface area contributed by atoms with Crippen LogP contribution in [0.3, 0.4) is 0 Å². The van der Waals surface area contributed by atoms with Gasteiger partial charge in [0.25, 0.3) is 5.91 Å². The number of aliphatic hydroxyl groups excluding tert-OH is 1. The molecule has 0 radical (unpaired) electrons. The number of aliphatic hydroxyl groups is 1. The summed E-state index contributed by atoms with van der Waals surface area (Å²) in [7, 11) is 0. The van der Waals surface area contributed by atoms with Crippen molar-refractivity contribution in [2.45, 2.75) is 12.1 Å². The van der Waals surface area contributed by atoms with Crippen LogP contribution in [0.5, 0.6) is 0 Å². The molecule has 0 spiro atoms. The molecule has 2 N–H and O–H groups in total. The Labute approximate surface area is 151 Å². The number of thioether (sulfide) groups is 2. The van der Waals surface area contributed by atoms with Gasteiger partial charge in [-0.1, -0.05) is 30.0 Å². The van der Waals surface area contributed by atoms with E-state index in [1.807, 2.05) is 17.5 Å². The van der Waals surface area contributed by atoms with Gasteiger partial charge in [-0.2, -0.15) is 11.8 Å². The molecule has 3 rings (SSSR count). The van der Waals surface area contributed by atoms with Crippen molar-refractivity contribution in [2.24, 2.45) is 0 Å². The molecule has 0 unspecified atom stereocenters. The Morgan fingerprint density at radius 3 is 3.00 bits per heavy atom. The average Bonchev–Trinajstić information content (AvgIpc) is 3.20. The molecule has 9 heteroatoms. The molecule has 0 bridgehead atoms. The van der Waals surface area contributed by atoms with E-state index in [1.54, 1.807) is 17.8 Å². The lowest BCUT2D eigenvalue weighted by Gasteiger charge is -2.18. The first-order valence-corrected chi connectivity index (χ1v) is 10.1. The predicted octanol–water partition coefficient (Wildman–Crippen LogP) is 1.54. The fraction of sp³-hybridized carbons (Fsp3) is 0.357. The largest absolute Gasteiger partial charge is 0.390 e. The maximum absolute atomic E-state index is 12.4. The van der Waals surface area contributed by atoms with E-state index in [-0.39, 0.29) is 24.4 Å². The van der Waals surface area contributed by atoms with E-state index in [4.69, 9.17) is 12.2 Å². The first-order valence-electron chi connectivity index (χ1n) is 6.88. The molecule has 0 aromatic carbocycles. The number of thiophene rings is 1. The number of thiocarbonyl (C=S) groups is 1. The van der Waals surface area contributed by atoms with Crippen LogP contribution in [0.2, 0.25) is 0 Å². The molecule has 2 atom stereocenters. The highest BCUT2D eigenvalue weighted by Crippen LogP contribution is 2.33. The summed E-state index contributed by atoms with van der Waals surface area (Å²) in [4.78, 5) is 27.3. The van der Waals surface area contributed by atoms with Gasteiger partial charge in [-0.15, -0.1) is 11.3 Å². The minimum atomic E-state index is -0.533. The number of hydrogen-bond donors (Lipinski definition) is 2. The summed E-state index contributed by atoms with van der Waals surface area (Å²) in [6.45, 7) is -0.111. The third-order valence-electron chi connectivity index (χ3n) is 3.39. The Hall–Kier alpha value is -0.870. The van der Waals surface area contributed by atoms with E-state index in [1.165, 1.54) is 28.0 Å². The second kappa shape index (κ2) is 7.35. The molecule has 2 aliphatic heterocycles. The zero-order chi connectivity index (χ0) is 16.4. The highest BCUT2D eigenvalue weighted by Gasteiger charge is 2.34. The molecular weight excluding hydrogens is 372 g/mol. The maximum Gasteiger partial charge on any atom is 0.266 e. The van der Waals surface area contributed by atoms with Crippen LogP contribution in [0.4, 0.5) is 0 Å². The van der Waals surface area contributed by atoms with Crippen molar-refractivity contribution in [3.05, 3.63) is 27.3 Å². The van der Waals surface area contributed by atoms with E-state index in [2.05, 4.69) is 5.32 Å². The number of hydrogen-bond acceptors (Lipinski definition) is 7. The minimum Gasteiger partial charge on any atom is -0.390 e. The molecule has 5 nitrogen and oxygen atoms in total. The number of amides is 2. The Bertz CT molecular complexity index is 659. The summed E-state index contributed by atoms with van der Waals surface area (Å²) in [6, 6.07) is 3.58. The van der Waals surface area contributed by atoms with Crippen molar-refractivity contribution in [2.75, 3.05) is 18.1 Å². The molecule has 2 amide bonds. The molecule has 122 valence electrons. The van der Waals surface area contributed by atoms with Crippen LogP contribution in [-0.2, 0) is 9.59 Å². The number of carbonyl (C=O) groups excluding carboxylic acids is 2. The molecule has 0 aliphatic carbocycles. The normalized spacial score (nSPS) is 26.3. The Morgan fingerprint density at radius 1 is 1.52 bits per heavy atom. The highest BCUT2D eigenvalue weighted by atomic mass is 32.2. The lowest BCUT2D eigenvalue weighted by atomic mass is 10.2. The number of carbonyl (C=O) groups is 2. The molecule has 1 aromatic heterocycles. The highest BCUT2D eigenvalue weighted by molar-refractivity contribution is 8.26. The second-order valence-electron chi connectivity index (χ2n) is 5.06. The SMILES string of the molecule is O=C(CN1C(=O)C(=Cc2cccs2)SC1=S)N[C@@H]1CSC[C@@H]1O. The summed E-state index contributed by atoms with van der Waals surface area (Å²) < 4.78 is 0.384. The first-order chi connectivity index (χ1) is 11.0. The molecule has 2 saturated heterocycles. The number of rotatable bonds is 4. The monoisotopic (exact) mass is 386 g/mol.